The maximum atomic E-state index is 12.6. The van der Waals surface area contributed by atoms with Crippen LogP contribution in [-0.2, 0) is 0 Å². The number of rotatable bonds is 5. The Hall–Kier alpha value is -3.61. The molecule has 7 nitrogen and oxygen atoms in total. The number of aromatic nitrogens is 2. The van der Waals surface area contributed by atoms with E-state index in [-0.39, 0.29) is 17.6 Å². The van der Waals surface area contributed by atoms with Crippen LogP contribution < -0.4 is 20.1 Å². The molecule has 0 radical (unpaired) electrons. The van der Waals surface area contributed by atoms with Crippen LogP contribution in [0.5, 0.6) is 11.5 Å². The summed E-state index contributed by atoms with van der Waals surface area (Å²) in [6.07, 6.45) is 1.55. The lowest BCUT2D eigenvalue weighted by molar-refractivity contribution is 0.0935. The SMILES string of the molecule is CC(NC(=O)c1ccnc(Nc2ccc3c(c2)OCCO3)n1)c1ccccc1. The van der Waals surface area contributed by atoms with Crippen molar-refractivity contribution in [2.45, 2.75) is 13.0 Å². The van der Waals surface area contributed by atoms with Crippen molar-refractivity contribution in [1.82, 2.24) is 15.3 Å². The number of fused-ring (bicyclic) bond motifs is 1. The first-order valence-corrected chi connectivity index (χ1v) is 9.04. The summed E-state index contributed by atoms with van der Waals surface area (Å²) in [5, 5.41) is 6.05. The minimum atomic E-state index is -0.260. The summed E-state index contributed by atoms with van der Waals surface area (Å²) < 4.78 is 11.1. The van der Waals surface area contributed by atoms with E-state index in [1.165, 1.54) is 0 Å². The van der Waals surface area contributed by atoms with Crippen molar-refractivity contribution in [1.29, 1.82) is 0 Å². The Balaban J connectivity index is 1.46. The van der Waals surface area contributed by atoms with Gasteiger partial charge in [-0.25, -0.2) is 9.97 Å². The highest BCUT2D eigenvalue weighted by molar-refractivity contribution is 5.92. The third kappa shape index (κ3) is 4.03. The van der Waals surface area contributed by atoms with E-state index >= 15 is 0 Å². The van der Waals surface area contributed by atoms with Gasteiger partial charge in [-0.05, 0) is 30.7 Å². The van der Waals surface area contributed by atoms with Gasteiger partial charge in [0.25, 0.3) is 5.91 Å². The highest BCUT2D eigenvalue weighted by Crippen LogP contribution is 2.33. The fourth-order valence-corrected chi connectivity index (χ4v) is 2.89. The number of anilines is 2. The molecule has 2 N–H and O–H groups in total. The van der Waals surface area contributed by atoms with E-state index in [1.54, 1.807) is 12.3 Å². The van der Waals surface area contributed by atoms with Gasteiger partial charge in [-0.3, -0.25) is 4.79 Å². The van der Waals surface area contributed by atoms with Gasteiger partial charge in [0.05, 0.1) is 6.04 Å². The first kappa shape index (κ1) is 17.8. The molecule has 0 spiro atoms. The smallest absolute Gasteiger partial charge is 0.270 e. The lowest BCUT2D eigenvalue weighted by atomic mass is 10.1. The topological polar surface area (TPSA) is 85.4 Å². The first-order chi connectivity index (χ1) is 13.7. The molecule has 1 aliphatic rings. The molecule has 1 aromatic heterocycles. The molecule has 1 atom stereocenters. The normalized spacial score (nSPS) is 13.5. The van der Waals surface area contributed by atoms with Crippen LogP contribution in [0, 0.1) is 0 Å². The van der Waals surface area contributed by atoms with E-state index in [4.69, 9.17) is 9.47 Å². The average Bonchev–Trinajstić information content (AvgIpc) is 2.74. The first-order valence-electron chi connectivity index (χ1n) is 9.04. The summed E-state index contributed by atoms with van der Waals surface area (Å²) in [5.74, 6) is 1.45. The molecule has 0 fully saturated rings. The zero-order valence-electron chi connectivity index (χ0n) is 15.4. The second kappa shape index (κ2) is 7.96. The van der Waals surface area contributed by atoms with Gasteiger partial charge in [0.15, 0.2) is 11.5 Å². The molecular weight excluding hydrogens is 356 g/mol. The molecule has 1 unspecified atom stereocenters. The third-order valence-corrected chi connectivity index (χ3v) is 4.33. The van der Waals surface area contributed by atoms with Crippen LogP contribution in [-0.4, -0.2) is 29.1 Å². The molecule has 7 heteroatoms. The van der Waals surface area contributed by atoms with Gasteiger partial charge in [0, 0.05) is 18.0 Å². The fourth-order valence-electron chi connectivity index (χ4n) is 2.89. The van der Waals surface area contributed by atoms with E-state index < -0.39 is 0 Å². The lowest BCUT2D eigenvalue weighted by Gasteiger charge is -2.19. The number of benzene rings is 2. The zero-order valence-corrected chi connectivity index (χ0v) is 15.4. The van der Waals surface area contributed by atoms with Crippen molar-refractivity contribution in [3.8, 4) is 11.5 Å². The number of nitrogens with zero attached hydrogens (tertiary/aromatic N) is 2. The number of carbonyl (C=O) groups is 1. The summed E-state index contributed by atoms with van der Waals surface area (Å²) >= 11 is 0. The van der Waals surface area contributed by atoms with Crippen LogP contribution in [0.1, 0.15) is 29.0 Å². The molecule has 0 aliphatic carbocycles. The van der Waals surface area contributed by atoms with Gasteiger partial charge in [-0.2, -0.15) is 0 Å². The molecule has 28 heavy (non-hydrogen) atoms. The molecular formula is C21H20N4O3. The van der Waals surface area contributed by atoms with Gasteiger partial charge >= 0.3 is 0 Å². The Labute approximate surface area is 162 Å². The molecule has 142 valence electrons. The van der Waals surface area contributed by atoms with Crippen molar-refractivity contribution in [2.75, 3.05) is 18.5 Å². The molecule has 1 aliphatic heterocycles. The predicted octanol–water partition coefficient (Wildman–Crippen LogP) is 3.48. The molecule has 2 heterocycles. The van der Waals surface area contributed by atoms with Gasteiger partial charge in [0.1, 0.15) is 18.9 Å². The van der Waals surface area contributed by atoms with E-state index in [2.05, 4.69) is 20.6 Å². The highest BCUT2D eigenvalue weighted by atomic mass is 16.6. The van der Waals surface area contributed by atoms with Crippen molar-refractivity contribution >= 4 is 17.5 Å². The van der Waals surface area contributed by atoms with Crippen LogP contribution >= 0.6 is 0 Å². The third-order valence-electron chi connectivity index (χ3n) is 4.33. The summed E-state index contributed by atoms with van der Waals surface area (Å²) in [7, 11) is 0. The molecule has 4 rings (SSSR count). The van der Waals surface area contributed by atoms with Crippen molar-refractivity contribution < 1.29 is 14.3 Å². The van der Waals surface area contributed by atoms with E-state index in [0.717, 1.165) is 11.3 Å². The monoisotopic (exact) mass is 376 g/mol. The van der Waals surface area contributed by atoms with Gasteiger partial charge in [-0.1, -0.05) is 30.3 Å². The van der Waals surface area contributed by atoms with Crippen LogP contribution in [0.25, 0.3) is 0 Å². The van der Waals surface area contributed by atoms with Crippen molar-refractivity contribution in [3.05, 3.63) is 72.1 Å². The molecule has 3 aromatic rings. The highest BCUT2D eigenvalue weighted by Gasteiger charge is 2.15. The second-order valence-electron chi connectivity index (χ2n) is 6.35. The quantitative estimate of drug-likeness (QED) is 0.709. The van der Waals surface area contributed by atoms with Crippen molar-refractivity contribution in [3.63, 3.8) is 0 Å². The minimum Gasteiger partial charge on any atom is -0.486 e. The van der Waals surface area contributed by atoms with Gasteiger partial charge in [-0.15, -0.1) is 0 Å². The van der Waals surface area contributed by atoms with Crippen LogP contribution in [0.4, 0.5) is 11.6 Å². The van der Waals surface area contributed by atoms with Crippen LogP contribution in [0.3, 0.4) is 0 Å². The van der Waals surface area contributed by atoms with Crippen LogP contribution in [0.15, 0.2) is 60.8 Å². The maximum Gasteiger partial charge on any atom is 0.270 e. The molecule has 0 saturated heterocycles. The number of carbonyl (C=O) groups excluding carboxylic acids is 1. The molecule has 1 amide bonds. The number of ether oxygens (including phenoxy) is 2. The number of hydrogen-bond donors (Lipinski definition) is 2. The summed E-state index contributed by atoms with van der Waals surface area (Å²) in [5.41, 5.74) is 2.07. The van der Waals surface area contributed by atoms with E-state index in [9.17, 15) is 4.79 Å². The molecule has 2 aromatic carbocycles. The molecule has 0 bridgehead atoms. The van der Waals surface area contributed by atoms with Gasteiger partial charge < -0.3 is 20.1 Å². The van der Waals surface area contributed by atoms with E-state index in [0.29, 0.717) is 30.7 Å². The summed E-state index contributed by atoms with van der Waals surface area (Å²) in [4.78, 5) is 21.1. The Bertz CT molecular complexity index is 978. The van der Waals surface area contributed by atoms with Crippen molar-refractivity contribution in [2.24, 2.45) is 0 Å². The summed E-state index contributed by atoms with van der Waals surface area (Å²) in [6.45, 7) is 2.99. The average molecular weight is 376 g/mol. The zero-order chi connectivity index (χ0) is 19.3. The largest absolute Gasteiger partial charge is 0.486 e. The number of amides is 1. The standard InChI is InChI=1S/C21H20N4O3/c1-14(15-5-3-2-4-6-15)23-20(26)17-9-10-22-21(25-17)24-16-7-8-18-19(13-16)28-12-11-27-18/h2-10,13-14H,11-12H2,1H3,(H,23,26)(H,22,24,25). The number of nitrogens with one attached hydrogen (secondary N) is 2. The second-order valence-corrected chi connectivity index (χ2v) is 6.35. The van der Waals surface area contributed by atoms with E-state index in [1.807, 2.05) is 55.5 Å². The summed E-state index contributed by atoms with van der Waals surface area (Å²) in [6, 6.07) is 16.7. The fraction of sp³-hybridized carbons (Fsp3) is 0.190. The van der Waals surface area contributed by atoms with Gasteiger partial charge in [0.2, 0.25) is 5.95 Å². The Morgan fingerprint density at radius 3 is 2.64 bits per heavy atom. The predicted molar refractivity (Wildman–Crippen MR) is 105 cm³/mol. The van der Waals surface area contributed by atoms with Crippen LogP contribution in [0.2, 0.25) is 0 Å². The molecule has 0 saturated carbocycles. The Kier molecular flexibility index (Phi) is 5.05. The Morgan fingerprint density at radius 1 is 1.04 bits per heavy atom. The lowest BCUT2D eigenvalue weighted by Crippen LogP contribution is -2.27. The minimum absolute atomic E-state index is 0.127. The maximum absolute atomic E-state index is 12.6. The number of hydrogen-bond acceptors (Lipinski definition) is 6. The Morgan fingerprint density at radius 2 is 1.82 bits per heavy atom.